The van der Waals surface area contributed by atoms with Crippen molar-refractivity contribution in [2.45, 2.75) is 26.7 Å². The monoisotopic (exact) mass is 344 g/mol. The molecule has 2 rings (SSSR count). The zero-order chi connectivity index (χ0) is 18.6. The smallest absolute Gasteiger partial charge is 0.347 e. The van der Waals surface area contributed by atoms with Gasteiger partial charge in [0.2, 0.25) is 0 Å². The summed E-state index contributed by atoms with van der Waals surface area (Å²) in [5.74, 6) is 1.55. The third-order valence-corrected chi connectivity index (χ3v) is 3.92. The number of carbonyl (C=O) groups excluding carboxylic acids is 1. The Labute approximate surface area is 148 Å². The van der Waals surface area contributed by atoms with Crippen LogP contribution in [0.3, 0.4) is 0 Å². The molecular weight excluding hydrogens is 320 g/mol. The molecule has 2 aromatic carbocycles. The zero-order valence-corrected chi connectivity index (χ0v) is 15.5. The second-order valence-corrected chi connectivity index (χ2v) is 5.99. The lowest BCUT2D eigenvalue weighted by Gasteiger charge is -2.16. The van der Waals surface area contributed by atoms with Crippen molar-refractivity contribution in [3.63, 3.8) is 0 Å². The van der Waals surface area contributed by atoms with Crippen LogP contribution < -0.4 is 18.9 Å². The van der Waals surface area contributed by atoms with Crippen molar-refractivity contribution in [3.05, 3.63) is 47.0 Å². The van der Waals surface area contributed by atoms with E-state index in [1.807, 2.05) is 25.1 Å². The third-order valence-electron chi connectivity index (χ3n) is 3.92. The minimum atomic E-state index is -0.509. The predicted octanol–water partition coefficient (Wildman–Crippen LogP) is 4.36. The highest BCUT2D eigenvalue weighted by Crippen LogP contribution is 2.36. The molecule has 0 aliphatic carbocycles. The Morgan fingerprint density at radius 2 is 1.44 bits per heavy atom. The second-order valence-electron chi connectivity index (χ2n) is 5.99. The molecule has 0 N–H and O–H groups in total. The maximum Gasteiger partial charge on any atom is 0.347 e. The molecule has 0 spiro atoms. The largest absolute Gasteiger partial charge is 0.496 e. The van der Waals surface area contributed by atoms with E-state index in [-0.39, 0.29) is 11.5 Å². The first-order chi connectivity index (χ1) is 11.9. The highest BCUT2D eigenvalue weighted by Gasteiger charge is 2.21. The van der Waals surface area contributed by atoms with Gasteiger partial charge in [-0.05, 0) is 30.0 Å². The highest BCUT2D eigenvalue weighted by atomic mass is 16.5. The third kappa shape index (κ3) is 4.05. The molecule has 0 fully saturated rings. The van der Waals surface area contributed by atoms with Crippen LogP contribution >= 0.6 is 0 Å². The summed E-state index contributed by atoms with van der Waals surface area (Å²) in [6, 6.07) is 9.01. The fourth-order valence-corrected chi connectivity index (χ4v) is 2.55. The van der Waals surface area contributed by atoms with Gasteiger partial charge in [-0.15, -0.1) is 0 Å². The summed E-state index contributed by atoms with van der Waals surface area (Å²) in [7, 11) is 4.53. The fourth-order valence-electron chi connectivity index (χ4n) is 2.55. The number of carbonyl (C=O) groups is 1. The first-order valence-electron chi connectivity index (χ1n) is 8.04. The molecule has 0 heterocycles. The molecule has 0 radical (unpaired) electrons. The Morgan fingerprint density at radius 3 is 2.00 bits per heavy atom. The van der Waals surface area contributed by atoms with Gasteiger partial charge in [-0.2, -0.15) is 0 Å². The van der Waals surface area contributed by atoms with Gasteiger partial charge in [0.25, 0.3) is 0 Å². The van der Waals surface area contributed by atoms with Crippen molar-refractivity contribution < 1.29 is 23.7 Å². The normalized spacial score (nSPS) is 10.5. The van der Waals surface area contributed by atoms with Gasteiger partial charge in [0.05, 0.1) is 21.3 Å². The Morgan fingerprint density at radius 1 is 0.840 bits per heavy atom. The average Bonchev–Trinajstić information content (AvgIpc) is 2.60. The van der Waals surface area contributed by atoms with E-state index in [0.29, 0.717) is 23.0 Å². The van der Waals surface area contributed by atoms with Gasteiger partial charge in [-0.3, -0.25) is 0 Å². The number of esters is 1. The van der Waals surface area contributed by atoms with Crippen molar-refractivity contribution in [1.29, 1.82) is 0 Å². The van der Waals surface area contributed by atoms with Crippen LogP contribution in [-0.4, -0.2) is 27.3 Å². The quantitative estimate of drug-likeness (QED) is 0.575. The summed E-state index contributed by atoms with van der Waals surface area (Å²) in [4.78, 5) is 12.7. The second kappa shape index (κ2) is 7.92. The van der Waals surface area contributed by atoms with Crippen LogP contribution in [0.1, 0.15) is 41.3 Å². The van der Waals surface area contributed by atoms with Gasteiger partial charge in [-0.25, -0.2) is 4.79 Å². The molecule has 5 heteroatoms. The van der Waals surface area contributed by atoms with Crippen molar-refractivity contribution in [3.8, 4) is 23.0 Å². The Hall–Kier alpha value is -2.69. The topological polar surface area (TPSA) is 54.0 Å². The summed E-state index contributed by atoms with van der Waals surface area (Å²) >= 11 is 0. The maximum absolute atomic E-state index is 12.7. The summed E-state index contributed by atoms with van der Waals surface area (Å²) in [5, 5.41) is 0. The molecule has 0 bridgehead atoms. The molecule has 0 aromatic heterocycles. The number of aryl methyl sites for hydroxylation is 1. The number of ether oxygens (including phenoxy) is 4. The Balaban J connectivity index is 2.43. The van der Waals surface area contributed by atoms with E-state index in [1.54, 1.807) is 12.1 Å². The maximum atomic E-state index is 12.7. The van der Waals surface area contributed by atoms with Gasteiger partial charge in [0, 0.05) is 12.1 Å². The molecule has 0 aliphatic heterocycles. The molecule has 0 saturated carbocycles. The van der Waals surface area contributed by atoms with Crippen LogP contribution in [0, 0.1) is 6.92 Å². The van der Waals surface area contributed by atoms with Crippen LogP contribution in [0.2, 0.25) is 0 Å². The van der Waals surface area contributed by atoms with E-state index in [4.69, 9.17) is 18.9 Å². The molecule has 0 atom stereocenters. The summed E-state index contributed by atoms with van der Waals surface area (Å²) in [6.07, 6.45) is 0. The van der Waals surface area contributed by atoms with Crippen LogP contribution in [-0.2, 0) is 0 Å². The predicted molar refractivity (Wildman–Crippen MR) is 96.3 cm³/mol. The van der Waals surface area contributed by atoms with Crippen molar-refractivity contribution in [2.75, 3.05) is 21.3 Å². The van der Waals surface area contributed by atoms with Gasteiger partial charge >= 0.3 is 5.97 Å². The van der Waals surface area contributed by atoms with E-state index >= 15 is 0 Å². The van der Waals surface area contributed by atoms with Crippen molar-refractivity contribution >= 4 is 5.97 Å². The molecule has 0 aliphatic rings. The lowest BCUT2D eigenvalue weighted by atomic mass is 10.0. The zero-order valence-electron chi connectivity index (χ0n) is 15.5. The van der Waals surface area contributed by atoms with Crippen LogP contribution in [0.15, 0.2) is 30.3 Å². The van der Waals surface area contributed by atoms with Crippen LogP contribution in [0.4, 0.5) is 0 Å². The fraction of sp³-hybridized carbons (Fsp3) is 0.350. The summed E-state index contributed by atoms with van der Waals surface area (Å²) in [5.41, 5.74) is 2.27. The van der Waals surface area contributed by atoms with E-state index in [2.05, 4.69) is 13.8 Å². The average molecular weight is 344 g/mol. The number of hydrogen-bond donors (Lipinski definition) is 0. The number of hydrogen-bond acceptors (Lipinski definition) is 5. The van der Waals surface area contributed by atoms with Crippen LogP contribution in [0.25, 0.3) is 0 Å². The molecule has 5 nitrogen and oxygen atoms in total. The molecule has 0 amide bonds. The van der Waals surface area contributed by atoms with E-state index < -0.39 is 5.97 Å². The Kier molecular flexibility index (Phi) is 5.91. The van der Waals surface area contributed by atoms with E-state index in [9.17, 15) is 4.79 Å². The minimum Gasteiger partial charge on any atom is -0.496 e. The molecule has 0 unspecified atom stereocenters. The lowest BCUT2D eigenvalue weighted by molar-refractivity contribution is 0.0728. The highest BCUT2D eigenvalue weighted by molar-refractivity contribution is 5.95. The van der Waals surface area contributed by atoms with Gasteiger partial charge < -0.3 is 18.9 Å². The molecule has 0 saturated heterocycles. The lowest BCUT2D eigenvalue weighted by Crippen LogP contribution is -2.12. The number of methoxy groups -OCH3 is 3. The first-order valence-corrected chi connectivity index (χ1v) is 8.04. The molecule has 134 valence electrons. The standard InChI is InChI=1S/C20H24O5/c1-12(2)14-8-7-13(3)9-17(14)25-20(21)15-10-18(23-5)19(24-6)11-16(15)22-4/h7-12H,1-6H3. The minimum absolute atomic E-state index is 0.232. The number of rotatable bonds is 6. The van der Waals surface area contributed by atoms with Gasteiger partial charge in [0.1, 0.15) is 17.1 Å². The molecule has 2 aromatic rings. The summed E-state index contributed by atoms with van der Waals surface area (Å²) < 4.78 is 21.5. The van der Waals surface area contributed by atoms with Crippen LogP contribution in [0.5, 0.6) is 23.0 Å². The van der Waals surface area contributed by atoms with Gasteiger partial charge in [0.15, 0.2) is 11.5 Å². The summed E-state index contributed by atoms with van der Waals surface area (Å²) in [6.45, 7) is 6.07. The van der Waals surface area contributed by atoms with Gasteiger partial charge in [-0.1, -0.05) is 26.0 Å². The SMILES string of the molecule is COc1cc(OC)c(C(=O)Oc2cc(C)ccc2C(C)C)cc1OC. The first kappa shape index (κ1) is 18.6. The molecule has 25 heavy (non-hydrogen) atoms. The van der Waals surface area contributed by atoms with Crippen molar-refractivity contribution in [1.82, 2.24) is 0 Å². The number of benzene rings is 2. The van der Waals surface area contributed by atoms with E-state index in [0.717, 1.165) is 11.1 Å². The van der Waals surface area contributed by atoms with E-state index in [1.165, 1.54) is 21.3 Å². The Bertz CT molecular complexity index is 765. The molecular formula is C20H24O5. The van der Waals surface area contributed by atoms with Crippen molar-refractivity contribution in [2.24, 2.45) is 0 Å².